The lowest BCUT2D eigenvalue weighted by atomic mass is 10.1. The number of aromatic nitrogens is 1. The third-order valence-corrected chi connectivity index (χ3v) is 3.89. The summed E-state index contributed by atoms with van der Waals surface area (Å²) < 4.78 is 28.6. The summed E-state index contributed by atoms with van der Waals surface area (Å²) in [6.07, 6.45) is 0.971. The first-order valence-corrected chi connectivity index (χ1v) is 7.84. The van der Waals surface area contributed by atoms with E-state index in [4.69, 9.17) is 5.73 Å². The molecule has 5 nitrogen and oxygen atoms in total. The Bertz CT molecular complexity index is 665. The van der Waals surface area contributed by atoms with Gasteiger partial charge in [-0.1, -0.05) is 0 Å². The van der Waals surface area contributed by atoms with Gasteiger partial charge in [-0.15, -0.1) is 23.7 Å². The molecule has 0 bridgehead atoms. The average molecular weight is 378 g/mol. The summed E-state index contributed by atoms with van der Waals surface area (Å²) in [4.78, 5) is 17.0. The second kappa shape index (κ2) is 9.51. The molecular weight excluding hydrogens is 360 g/mol. The van der Waals surface area contributed by atoms with Crippen LogP contribution in [-0.2, 0) is 4.79 Å². The third kappa shape index (κ3) is 5.70. The van der Waals surface area contributed by atoms with Crippen LogP contribution in [0, 0.1) is 6.92 Å². The molecule has 1 heterocycles. The van der Waals surface area contributed by atoms with Crippen LogP contribution in [0.3, 0.4) is 0 Å². The van der Waals surface area contributed by atoms with E-state index < -0.39 is 6.61 Å². The number of hydrogen-bond donors (Lipinski definition) is 2. The van der Waals surface area contributed by atoms with Crippen LogP contribution in [0.25, 0.3) is 11.3 Å². The largest absolute Gasteiger partial charge is 0.435 e. The smallest absolute Gasteiger partial charge is 0.387 e. The van der Waals surface area contributed by atoms with Gasteiger partial charge < -0.3 is 15.8 Å². The Morgan fingerprint density at radius 2 is 2.04 bits per heavy atom. The van der Waals surface area contributed by atoms with Crippen LogP contribution in [-0.4, -0.2) is 24.0 Å². The van der Waals surface area contributed by atoms with Crippen molar-refractivity contribution >= 4 is 34.8 Å². The van der Waals surface area contributed by atoms with Crippen LogP contribution in [0.15, 0.2) is 24.3 Å². The molecule has 0 aliphatic rings. The molecule has 1 aromatic carbocycles. The lowest BCUT2D eigenvalue weighted by Gasteiger charge is -2.05. The molecule has 0 spiro atoms. The van der Waals surface area contributed by atoms with Gasteiger partial charge in [0.25, 0.3) is 0 Å². The van der Waals surface area contributed by atoms with E-state index in [1.165, 1.54) is 23.5 Å². The van der Waals surface area contributed by atoms with Crippen molar-refractivity contribution in [3.05, 3.63) is 29.1 Å². The Kier molecular flexibility index (Phi) is 8.03. The number of nitrogens with two attached hydrogens (primary N) is 1. The van der Waals surface area contributed by atoms with Crippen molar-refractivity contribution in [2.75, 3.05) is 11.9 Å². The number of amides is 1. The first kappa shape index (κ1) is 20.3. The van der Waals surface area contributed by atoms with Crippen molar-refractivity contribution in [3.63, 3.8) is 0 Å². The second-order valence-corrected chi connectivity index (χ2v) is 5.97. The zero-order valence-electron chi connectivity index (χ0n) is 12.9. The van der Waals surface area contributed by atoms with Crippen LogP contribution < -0.4 is 15.8 Å². The molecule has 2 aromatic rings. The van der Waals surface area contributed by atoms with Crippen LogP contribution in [0.2, 0.25) is 0 Å². The number of carbonyl (C=O) groups excluding carboxylic acids is 1. The van der Waals surface area contributed by atoms with Gasteiger partial charge in [-0.2, -0.15) is 8.78 Å². The molecule has 0 atom stereocenters. The lowest BCUT2D eigenvalue weighted by molar-refractivity contribution is -0.116. The zero-order valence-corrected chi connectivity index (χ0v) is 14.6. The SMILES string of the molecule is Cc1sc(NC(=O)CCCN)nc1-c1ccc(OC(F)F)cc1.Cl. The minimum Gasteiger partial charge on any atom is -0.435 e. The number of anilines is 1. The molecule has 0 aliphatic heterocycles. The Labute approximate surface area is 148 Å². The van der Waals surface area contributed by atoms with Gasteiger partial charge in [0.15, 0.2) is 5.13 Å². The summed E-state index contributed by atoms with van der Waals surface area (Å²) >= 11 is 1.36. The number of hydrogen-bond acceptors (Lipinski definition) is 5. The average Bonchev–Trinajstić information content (AvgIpc) is 2.86. The normalized spacial score (nSPS) is 10.4. The predicted octanol–water partition coefficient (Wildman–Crippen LogP) is 3.82. The van der Waals surface area contributed by atoms with Crippen molar-refractivity contribution in [3.8, 4) is 17.0 Å². The fourth-order valence-electron chi connectivity index (χ4n) is 1.96. The summed E-state index contributed by atoms with van der Waals surface area (Å²) in [6, 6.07) is 6.22. The molecule has 132 valence electrons. The van der Waals surface area contributed by atoms with E-state index in [1.807, 2.05) is 6.92 Å². The molecule has 0 aliphatic carbocycles. The molecule has 2 rings (SSSR count). The maximum Gasteiger partial charge on any atom is 0.387 e. The minimum absolute atomic E-state index is 0. The highest BCUT2D eigenvalue weighted by Crippen LogP contribution is 2.31. The van der Waals surface area contributed by atoms with Crippen molar-refractivity contribution in [1.29, 1.82) is 0 Å². The number of nitrogens with zero attached hydrogens (tertiary/aromatic N) is 1. The van der Waals surface area contributed by atoms with Crippen LogP contribution in [0.1, 0.15) is 17.7 Å². The number of alkyl halides is 2. The van der Waals surface area contributed by atoms with E-state index in [-0.39, 0.29) is 24.1 Å². The van der Waals surface area contributed by atoms with E-state index in [9.17, 15) is 13.6 Å². The molecule has 3 N–H and O–H groups in total. The van der Waals surface area contributed by atoms with Gasteiger partial charge in [0.2, 0.25) is 5.91 Å². The fraction of sp³-hybridized carbons (Fsp3) is 0.333. The molecule has 9 heteroatoms. The third-order valence-electron chi connectivity index (χ3n) is 3.00. The molecule has 1 amide bonds. The monoisotopic (exact) mass is 377 g/mol. The highest BCUT2D eigenvalue weighted by Gasteiger charge is 2.12. The van der Waals surface area contributed by atoms with E-state index >= 15 is 0 Å². The molecule has 24 heavy (non-hydrogen) atoms. The maximum absolute atomic E-state index is 12.1. The van der Waals surface area contributed by atoms with Gasteiger partial charge >= 0.3 is 6.61 Å². The summed E-state index contributed by atoms with van der Waals surface area (Å²) in [5, 5.41) is 3.24. The van der Waals surface area contributed by atoms with Crippen molar-refractivity contribution in [1.82, 2.24) is 4.98 Å². The van der Waals surface area contributed by atoms with Gasteiger partial charge in [0.1, 0.15) is 5.75 Å². The number of nitrogens with one attached hydrogen (secondary N) is 1. The number of halogens is 3. The first-order chi connectivity index (χ1) is 11.0. The standard InChI is InChI=1S/C15H17F2N3O2S.ClH/c1-9-13(10-4-6-11(7-5-10)22-14(16)17)20-15(23-9)19-12(21)3-2-8-18;/h4-7,14H,2-3,8,18H2,1H3,(H,19,20,21);1H. The quantitative estimate of drug-likeness (QED) is 0.769. The van der Waals surface area contributed by atoms with Crippen LogP contribution >= 0.6 is 23.7 Å². The summed E-state index contributed by atoms with van der Waals surface area (Å²) in [5.41, 5.74) is 6.83. The van der Waals surface area contributed by atoms with Gasteiger partial charge in [0, 0.05) is 16.9 Å². The molecular formula is C15H18ClF2N3O2S. The molecule has 0 saturated carbocycles. The lowest BCUT2D eigenvalue weighted by Crippen LogP contribution is -2.13. The van der Waals surface area contributed by atoms with E-state index in [0.717, 1.165) is 10.4 Å². The number of aryl methyl sites for hydroxylation is 1. The Balaban J connectivity index is 0.00000288. The van der Waals surface area contributed by atoms with Crippen LogP contribution in [0.5, 0.6) is 5.75 Å². The zero-order chi connectivity index (χ0) is 16.8. The van der Waals surface area contributed by atoms with Crippen molar-refractivity contribution in [2.45, 2.75) is 26.4 Å². The second-order valence-electron chi connectivity index (χ2n) is 4.77. The van der Waals surface area contributed by atoms with E-state index in [0.29, 0.717) is 30.2 Å². The Hall–Kier alpha value is -1.77. The topological polar surface area (TPSA) is 77.2 Å². The van der Waals surface area contributed by atoms with Gasteiger partial charge in [-0.3, -0.25) is 4.79 Å². The Morgan fingerprint density at radius 1 is 1.38 bits per heavy atom. The predicted molar refractivity (Wildman–Crippen MR) is 93.1 cm³/mol. The van der Waals surface area contributed by atoms with E-state index in [2.05, 4.69) is 15.0 Å². The summed E-state index contributed by atoms with van der Waals surface area (Å²) in [5.74, 6) is -0.0385. The fourth-order valence-corrected chi connectivity index (χ4v) is 2.81. The van der Waals surface area contributed by atoms with Crippen molar-refractivity contribution < 1.29 is 18.3 Å². The number of benzene rings is 1. The molecule has 0 fully saturated rings. The molecule has 0 radical (unpaired) electrons. The van der Waals surface area contributed by atoms with Gasteiger partial charge in [0.05, 0.1) is 5.69 Å². The summed E-state index contributed by atoms with van der Waals surface area (Å²) in [6.45, 7) is -0.508. The van der Waals surface area contributed by atoms with Gasteiger partial charge in [-0.25, -0.2) is 4.98 Å². The highest BCUT2D eigenvalue weighted by molar-refractivity contribution is 7.16. The number of carbonyl (C=O) groups is 1. The highest BCUT2D eigenvalue weighted by atomic mass is 35.5. The first-order valence-electron chi connectivity index (χ1n) is 7.02. The molecule has 0 saturated heterocycles. The number of thiazole rings is 1. The van der Waals surface area contributed by atoms with E-state index in [1.54, 1.807) is 12.1 Å². The molecule has 1 aromatic heterocycles. The minimum atomic E-state index is -2.85. The van der Waals surface area contributed by atoms with Crippen molar-refractivity contribution in [2.24, 2.45) is 5.73 Å². The van der Waals surface area contributed by atoms with Gasteiger partial charge in [-0.05, 0) is 44.2 Å². The summed E-state index contributed by atoms with van der Waals surface area (Å²) in [7, 11) is 0. The Morgan fingerprint density at radius 3 is 2.62 bits per heavy atom. The maximum atomic E-state index is 12.1. The molecule has 0 unspecified atom stereocenters. The number of rotatable bonds is 7. The van der Waals surface area contributed by atoms with Crippen LogP contribution in [0.4, 0.5) is 13.9 Å². The number of ether oxygens (including phenoxy) is 1.